The number of fused-ring (bicyclic) bond motifs is 1. The molecule has 7 nitrogen and oxygen atoms in total. The fourth-order valence-electron chi connectivity index (χ4n) is 3.47. The number of piperidine rings is 1. The average Bonchev–Trinajstić information content (AvgIpc) is 2.85. The molecule has 0 bridgehead atoms. The van der Waals surface area contributed by atoms with Crippen LogP contribution in [-0.4, -0.2) is 59.1 Å². The number of ether oxygens (including phenoxy) is 1. The Labute approximate surface area is 145 Å². The summed E-state index contributed by atoms with van der Waals surface area (Å²) in [7, 11) is 0. The highest BCUT2D eigenvalue weighted by molar-refractivity contribution is 5.38. The number of rotatable bonds is 2. The third-order valence-electron chi connectivity index (χ3n) is 4.84. The molecule has 25 heavy (non-hydrogen) atoms. The molecule has 2 fully saturated rings. The van der Waals surface area contributed by atoms with Crippen molar-refractivity contribution < 1.29 is 9.13 Å². The molecule has 2 aliphatic heterocycles. The van der Waals surface area contributed by atoms with Gasteiger partial charge in [-0.2, -0.15) is 5.10 Å². The third kappa shape index (κ3) is 3.53. The zero-order valence-corrected chi connectivity index (χ0v) is 14.2. The van der Waals surface area contributed by atoms with Crippen molar-refractivity contribution in [3.8, 4) is 0 Å². The first kappa shape index (κ1) is 16.1. The fourth-order valence-corrected chi connectivity index (χ4v) is 3.47. The van der Waals surface area contributed by atoms with Crippen molar-refractivity contribution in [1.82, 2.24) is 20.2 Å². The molecule has 2 aliphatic rings. The van der Waals surface area contributed by atoms with Gasteiger partial charge in [0.15, 0.2) is 11.6 Å². The fraction of sp³-hybridized carbons (Fsp3) is 0.529. The van der Waals surface area contributed by atoms with Gasteiger partial charge in [0.1, 0.15) is 0 Å². The zero-order chi connectivity index (χ0) is 17.2. The van der Waals surface area contributed by atoms with Crippen LogP contribution in [0.25, 0.3) is 0 Å². The molecule has 4 rings (SSSR count). The van der Waals surface area contributed by atoms with E-state index in [1.54, 1.807) is 0 Å². The minimum Gasteiger partial charge on any atom is -0.374 e. The number of hydrogen-bond donors (Lipinski definition) is 0. The van der Waals surface area contributed by atoms with E-state index in [9.17, 15) is 4.39 Å². The number of aromatic nitrogens is 4. The normalized spacial score (nSPS) is 23.9. The van der Waals surface area contributed by atoms with Crippen molar-refractivity contribution in [1.29, 1.82) is 0 Å². The summed E-state index contributed by atoms with van der Waals surface area (Å²) < 4.78 is 19.1. The van der Waals surface area contributed by atoms with E-state index in [-0.39, 0.29) is 6.10 Å². The van der Waals surface area contributed by atoms with E-state index in [0.29, 0.717) is 18.5 Å². The van der Waals surface area contributed by atoms with Crippen LogP contribution in [0.3, 0.4) is 0 Å². The van der Waals surface area contributed by atoms with Crippen molar-refractivity contribution in [3.05, 3.63) is 36.0 Å². The summed E-state index contributed by atoms with van der Waals surface area (Å²) in [5, 5.41) is 8.47. The van der Waals surface area contributed by atoms with Crippen LogP contribution in [-0.2, 0) is 4.74 Å². The van der Waals surface area contributed by atoms with Gasteiger partial charge in [-0.15, -0.1) is 5.10 Å². The van der Waals surface area contributed by atoms with Gasteiger partial charge in [0.2, 0.25) is 5.95 Å². The molecular weight excluding hydrogens is 323 g/mol. The monoisotopic (exact) mass is 344 g/mol. The van der Waals surface area contributed by atoms with E-state index in [1.165, 1.54) is 12.4 Å². The lowest BCUT2D eigenvalue weighted by atomic mass is 9.93. The SMILES string of the molecule is Cc1ccc(N2CCO[C@H]3CN(c4ncc(F)cn4)CC[C@@H]3C2)nn1. The van der Waals surface area contributed by atoms with Crippen LogP contribution >= 0.6 is 0 Å². The molecule has 0 aliphatic carbocycles. The summed E-state index contributed by atoms with van der Waals surface area (Å²) in [5.74, 6) is 1.47. The smallest absolute Gasteiger partial charge is 0.225 e. The summed E-state index contributed by atoms with van der Waals surface area (Å²) >= 11 is 0. The summed E-state index contributed by atoms with van der Waals surface area (Å²) in [6.07, 6.45) is 3.51. The molecule has 2 aromatic rings. The van der Waals surface area contributed by atoms with Gasteiger partial charge in [-0.1, -0.05) is 0 Å². The number of anilines is 2. The maximum absolute atomic E-state index is 13.0. The van der Waals surface area contributed by atoms with Crippen molar-refractivity contribution in [2.24, 2.45) is 5.92 Å². The maximum Gasteiger partial charge on any atom is 0.225 e. The van der Waals surface area contributed by atoms with Gasteiger partial charge in [0, 0.05) is 32.1 Å². The van der Waals surface area contributed by atoms with E-state index >= 15 is 0 Å². The van der Waals surface area contributed by atoms with Gasteiger partial charge in [-0.25, -0.2) is 14.4 Å². The summed E-state index contributed by atoms with van der Waals surface area (Å²) in [5.41, 5.74) is 0.917. The molecule has 2 atom stereocenters. The highest BCUT2D eigenvalue weighted by Crippen LogP contribution is 2.27. The molecule has 0 saturated carbocycles. The Morgan fingerprint density at radius 1 is 1.08 bits per heavy atom. The molecule has 132 valence electrons. The Kier molecular flexibility index (Phi) is 4.44. The summed E-state index contributed by atoms with van der Waals surface area (Å²) in [6, 6.07) is 4.00. The van der Waals surface area contributed by atoms with E-state index in [4.69, 9.17) is 4.74 Å². The molecule has 0 amide bonds. The van der Waals surface area contributed by atoms with Crippen LogP contribution in [0.15, 0.2) is 24.5 Å². The second kappa shape index (κ2) is 6.87. The van der Waals surface area contributed by atoms with Crippen LogP contribution < -0.4 is 9.80 Å². The van der Waals surface area contributed by atoms with Gasteiger partial charge in [-0.05, 0) is 25.5 Å². The highest BCUT2D eigenvalue weighted by atomic mass is 19.1. The van der Waals surface area contributed by atoms with Gasteiger partial charge < -0.3 is 14.5 Å². The molecule has 2 aromatic heterocycles. The van der Waals surface area contributed by atoms with E-state index in [1.807, 2.05) is 19.1 Å². The van der Waals surface area contributed by atoms with Gasteiger partial charge in [0.05, 0.1) is 30.8 Å². The van der Waals surface area contributed by atoms with Gasteiger partial charge >= 0.3 is 0 Å². The van der Waals surface area contributed by atoms with Crippen molar-refractivity contribution in [2.75, 3.05) is 42.6 Å². The van der Waals surface area contributed by atoms with Crippen LogP contribution in [0.1, 0.15) is 12.1 Å². The standard InChI is InChI=1S/C17H21FN6O/c1-12-2-3-16(22-21-12)23-6-7-25-15-11-24(5-4-13(15)10-23)17-19-8-14(18)9-20-17/h2-3,8-9,13,15H,4-7,10-11H2,1H3/t13-,15+/m1/s1. The van der Waals surface area contributed by atoms with Gasteiger partial charge in [0.25, 0.3) is 0 Å². The van der Waals surface area contributed by atoms with Crippen molar-refractivity contribution in [3.63, 3.8) is 0 Å². The van der Waals surface area contributed by atoms with E-state index in [0.717, 1.165) is 44.1 Å². The molecule has 0 N–H and O–H groups in total. The first-order valence-corrected chi connectivity index (χ1v) is 8.58. The third-order valence-corrected chi connectivity index (χ3v) is 4.84. The predicted octanol–water partition coefficient (Wildman–Crippen LogP) is 1.45. The largest absolute Gasteiger partial charge is 0.374 e. The second-order valence-electron chi connectivity index (χ2n) is 6.58. The minimum atomic E-state index is -0.417. The van der Waals surface area contributed by atoms with Crippen LogP contribution in [0.2, 0.25) is 0 Å². The van der Waals surface area contributed by atoms with Crippen molar-refractivity contribution in [2.45, 2.75) is 19.4 Å². The quantitative estimate of drug-likeness (QED) is 0.817. The second-order valence-corrected chi connectivity index (χ2v) is 6.58. The van der Waals surface area contributed by atoms with E-state index < -0.39 is 5.82 Å². The lowest BCUT2D eigenvalue weighted by Gasteiger charge is -2.38. The Hall–Kier alpha value is -2.35. The summed E-state index contributed by atoms with van der Waals surface area (Å²) in [4.78, 5) is 12.5. The lowest BCUT2D eigenvalue weighted by molar-refractivity contribution is 0.0249. The molecule has 4 heterocycles. The Morgan fingerprint density at radius 3 is 2.68 bits per heavy atom. The van der Waals surface area contributed by atoms with Crippen LogP contribution in [0, 0.1) is 18.7 Å². The number of hydrogen-bond acceptors (Lipinski definition) is 7. The molecule has 8 heteroatoms. The Morgan fingerprint density at radius 2 is 1.92 bits per heavy atom. The Balaban J connectivity index is 1.45. The van der Waals surface area contributed by atoms with Gasteiger partial charge in [-0.3, -0.25) is 0 Å². The minimum absolute atomic E-state index is 0.116. The Bertz CT molecular complexity index is 710. The predicted molar refractivity (Wildman–Crippen MR) is 91.0 cm³/mol. The molecular formula is C17H21FN6O. The number of nitrogens with zero attached hydrogens (tertiary/aromatic N) is 6. The summed E-state index contributed by atoms with van der Waals surface area (Å²) in [6.45, 7) is 5.85. The molecule has 0 unspecified atom stereocenters. The maximum atomic E-state index is 13.0. The van der Waals surface area contributed by atoms with Crippen molar-refractivity contribution >= 4 is 11.8 Å². The highest BCUT2D eigenvalue weighted by Gasteiger charge is 2.34. The molecule has 2 saturated heterocycles. The topological polar surface area (TPSA) is 67.3 Å². The zero-order valence-electron chi connectivity index (χ0n) is 14.2. The van der Waals surface area contributed by atoms with Crippen LogP contribution in [0.5, 0.6) is 0 Å². The molecule has 0 radical (unpaired) electrons. The molecule has 0 spiro atoms. The number of halogens is 1. The van der Waals surface area contributed by atoms with Crippen LogP contribution in [0.4, 0.5) is 16.2 Å². The first-order valence-electron chi connectivity index (χ1n) is 8.58. The molecule has 0 aromatic carbocycles. The lowest BCUT2D eigenvalue weighted by Crippen LogP contribution is -2.47. The first-order chi connectivity index (χ1) is 12.2. The van der Waals surface area contributed by atoms with E-state index in [2.05, 4.69) is 30.0 Å². The number of aryl methyl sites for hydroxylation is 1. The average molecular weight is 344 g/mol.